The lowest BCUT2D eigenvalue weighted by Gasteiger charge is -2.16. The SMILES string of the molecule is COP(=O)(OC)c1cc(/C=C\C(C)C)cn1Cc1ccccc1. The Morgan fingerprint density at radius 1 is 1.17 bits per heavy atom. The molecule has 1 aromatic carbocycles. The second kappa shape index (κ2) is 7.78. The van der Waals surface area contributed by atoms with Crippen molar-refractivity contribution in [3.8, 4) is 0 Å². The third kappa shape index (κ3) is 4.44. The summed E-state index contributed by atoms with van der Waals surface area (Å²) in [6.45, 7) is 4.85. The van der Waals surface area contributed by atoms with E-state index >= 15 is 0 Å². The highest BCUT2D eigenvalue weighted by atomic mass is 31.2. The molecule has 1 aromatic heterocycles. The van der Waals surface area contributed by atoms with E-state index in [-0.39, 0.29) is 0 Å². The van der Waals surface area contributed by atoms with E-state index in [9.17, 15) is 4.57 Å². The number of benzene rings is 1. The maximum absolute atomic E-state index is 12.8. The van der Waals surface area contributed by atoms with Crippen LogP contribution < -0.4 is 5.44 Å². The van der Waals surface area contributed by atoms with Gasteiger partial charge in [0, 0.05) is 27.0 Å². The molecule has 0 aliphatic heterocycles. The van der Waals surface area contributed by atoms with Gasteiger partial charge in [-0.1, -0.05) is 56.3 Å². The molecule has 0 aliphatic carbocycles. The highest BCUT2D eigenvalue weighted by Gasteiger charge is 2.29. The van der Waals surface area contributed by atoms with Gasteiger partial charge < -0.3 is 13.6 Å². The summed E-state index contributed by atoms with van der Waals surface area (Å²) in [7, 11) is -0.485. The van der Waals surface area contributed by atoms with E-state index in [1.807, 2.05) is 53.2 Å². The lowest BCUT2D eigenvalue weighted by Crippen LogP contribution is -2.19. The van der Waals surface area contributed by atoms with Crippen LogP contribution in [0.25, 0.3) is 6.08 Å². The lowest BCUT2D eigenvalue weighted by atomic mass is 10.2. The zero-order valence-electron chi connectivity index (χ0n) is 14.1. The molecule has 2 rings (SSSR count). The molecule has 0 N–H and O–H groups in total. The van der Waals surface area contributed by atoms with Crippen LogP contribution in [0.5, 0.6) is 0 Å². The average molecular weight is 333 g/mol. The third-order valence-electron chi connectivity index (χ3n) is 3.53. The minimum atomic E-state index is -3.31. The summed E-state index contributed by atoms with van der Waals surface area (Å²) in [5, 5.41) is 0. The summed E-state index contributed by atoms with van der Waals surface area (Å²) in [5.74, 6) is 0.451. The molecule has 0 saturated carbocycles. The Kier molecular flexibility index (Phi) is 6.00. The van der Waals surface area contributed by atoms with Gasteiger partial charge in [0.2, 0.25) is 0 Å². The van der Waals surface area contributed by atoms with Crippen molar-refractivity contribution >= 4 is 19.1 Å². The van der Waals surface area contributed by atoms with Crippen molar-refractivity contribution in [2.75, 3.05) is 14.2 Å². The van der Waals surface area contributed by atoms with Crippen LogP contribution in [-0.4, -0.2) is 18.8 Å². The Balaban J connectivity index is 2.43. The first-order valence-electron chi connectivity index (χ1n) is 7.63. The number of allylic oxidation sites excluding steroid dienone is 1. The number of nitrogens with zero attached hydrogens (tertiary/aromatic N) is 1. The topological polar surface area (TPSA) is 40.5 Å². The summed E-state index contributed by atoms with van der Waals surface area (Å²) < 4.78 is 25.1. The van der Waals surface area contributed by atoms with Crippen molar-refractivity contribution in [3.05, 3.63) is 59.8 Å². The van der Waals surface area contributed by atoms with E-state index in [2.05, 4.69) is 19.9 Å². The number of rotatable bonds is 7. The zero-order valence-corrected chi connectivity index (χ0v) is 15.0. The summed E-state index contributed by atoms with van der Waals surface area (Å²) >= 11 is 0. The van der Waals surface area contributed by atoms with Gasteiger partial charge in [0.25, 0.3) is 0 Å². The number of aromatic nitrogens is 1. The van der Waals surface area contributed by atoms with Gasteiger partial charge >= 0.3 is 7.60 Å². The van der Waals surface area contributed by atoms with Crippen molar-refractivity contribution in [3.63, 3.8) is 0 Å². The first kappa shape index (κ1) is 17.7. The van der Waals surface area contributed by atoms with E-state index < -0.39 is 7.60 Å². The Morgan fingerprint density at radius 2 is 1.83 bits per heavy atom. The van der Waals surface area contributed by atoms with E-state index in [1.165, 1.54) is 14.2 Å². The standard InChI is InChI=1S/C18H24NO3P/c1-15(2)10-11-17-12-18(23(20,21-3)22-4)19(14-17)13-16-8-6-5-7-9-16/h5-12,14-15H,13H2,1-4H3/b11-10-. The first-order chi connectivity index (χ1) is 11.0. The van der Waals surface area contributed by atoms with Gasteiger partial charge in [0.15, 0.2) is 0 Å². The number of hydrogen-bond acceptors (Lipinski definition) is 3. The van der Waals surface area contributed by atoms with Gasteiger partial charge in [-0.25, -0.2) is 0 Å². The molecule has 0 aliphatic rings. The van der Waals surface area contributed by atoms with Gasteiger partial charge in [0.05, 0.1) is 0 Å². The van der Waals surface area contributed by atoms with E-state index in [0.717, 1.165) is 11.1 Å². The normalized spacial score (nSPS) is 12.4. The second-order valence-electron chi connectivity index (χ2n) is 5.71. The highest BCUT2D eigenvalue weighted by Crippen LogP contribution is 2.45. The molecule has 23 heavy (non-hydrogen) atoms. The molecule has 124 valence electrons. The molecule has 0 spiro atoms. The fourth-order valence-corrected chi connectivity index (χ4v) is 3.59. The maximum atomic E-state index is 12.8. The van der Waals surface area contributed by atoms with E-state index in [1.54, 1.807) is 0 Å². The molecular formula is C18H24NO3P. The summed E-state index contributed by atoms with van der Waals surface area (Å²) in [5.41, 5.74) is 2.68. The van der Waals surface area contributed by atoms with Crippen LogP contribution in [-0.2, 0) is 20.2 Å². The molecule has 0 saturated heterocycles. The van der Waals surface area contributed by atoms with Crippen molar-refractivity contribution in [2.24, 2.45) is 5.92 Å². The Bertz CT molecular complexity index is 696. The largest absolute Gasteiger partial charge is 0.377 e. The molecule has 0 radical (unpaired) electrons. The Hall–Kier alpha value is -1.61. The Labute approximate surface area is 138 Å². The monoisotopic (exact) mass is 333 g/mol. The van der Waals surface area contributed by atoms with Gasteiger partial charge in [-0.15, -0.1) is 0 Å². The predicted octanol–water partition coefficient (Wildman–Crippen LogP) is 4.32. The summed E-state index contributed by atoms with van der Waals surface area (Å²) in [6, 6.07) is 11.9. The molecule has 0 atom stereocenters. The van der Waals surface area contributed by atoms with Crippen LogP contribution in [0.3, 0.4) is 0 Å². The van der Waals surface area contributed by atoms with Crippen LogP contribution >= 0.6 is 7.60 Å². The molecule has 0 amide bonds. The van der Waals surface area contributed by atoms with Gasteiger partial charge in [-0.2, -0.15) is 0 Å². The maximum Gasteiger partial charge on any atom is 0.377 e. The zero-order chi connectivity index (χ0) is 16.9. The molecule has 1 heterocycles. The molecule has 2 aromatic rings. The van der Waals surface area contributed by atoms with Crippen LogP contribution in [0.2, 0.25) is 0 Å². The highest BCUT2D eigenvalue weighted by molar-refractivity contribution is 7.61. The van der Waals surface area contributed by atoms with Crippen molar-refractivity contribution in [2.45, 2.75) is 20.4 Å². The van der Waals surface area contributed by atoms with E-state index in [0.29, 0.717) is 17.9 Å². The quantitative estimate of drug-likeness (QED) is 0.709. The van der Waals surface area contributed by atoms with E-state index in [4.69, 9.17) is 9.05 Å². The molecule has 0 bridgehead atoms. The van der Waals surface area contributed by atoms with Crippen molar-refractivity contribution < 1.29 is 13.6 Å². The summed E-state index contributed by atoms with van der Waals surface area (Å²) in [4.78, 5) is 0. The second-order valence-corrected chi connectivity index (χ2v) is 7.89. The van der Waals surface area contributed by atoms with Crippen LogP contribution in [0, 0.1) is 5.92 Å². The fourth-order valence-electron chi connectivity index (χ4n) is 2.31. The molecule has 0 fully saturated rings. The fraction of sp³-hybridized carbons (Fsp3) is 0.333. The van der Waals surface area contributed by atoms with Crippen molar-refractivity contribution in [1.82, 2.24) is 4.57 Å². The van der Waals surface area contributed by atoms with Crippen LogP contribution in [0.4, 0.5) is 0 Å². The third-order valence-corrected chi connectivity index (χ3v) is 5.43. The summed E-state index contributed by atoms with van der Waals surface area (Å²) in [6.07, 6.45) is 6.12. The minimum Gasteiger partial charge on any atom is -0.336 e. The smallest absolute Gasteiger partial charge is 0.336 e. The van der Waals surface area contributed by atoms with Crippen molar-refractivity contribution in [1.29, 1.82) is 0 Å². The molecule has 0 unspecified atom stereocenters. The van der Waals surface area contributed by atoms with Gasteiger partial charge in [-0.05, 0) is 23.1 Å². The Morgan fingerprint density at radius 3 is 2.39 bits per heavy atom. The minimum absolute atomic E-state index is 0.451. The molecular weight excluding hydrogens is 309 g/mol. The molecule has 5 heteroatoms. The van der Waals surface area contributed by atoms with Crippen LogP contribution in [0.1, 0.15) is 25.0 Å². The van der Waals surface area contributed by atoms with Gasteiger partial charge in [-0.3, -0.25) is 4.57 Å². The van der Waals surface area contributed by atoms with Gasteiger partial charge in [0.1, 0.15) is 5.44 Å². The average Bonchev–Trinajstić information content (AvgIpc) is 2.96. The first-order valence-corrected chi connectivity index (χ1v) is 9.17. The lowest BCUT2D eigenvalue weighted by molar-refractivity contribution is 0.285. The predicted molar refractivity (Wildman–Crippen MR) is 95.1 cm³/mol. The molecule has 4 nitrogen and oxygen atoms in total. The van der Waals surface area contributed by atoms with Crippen LogP contribution in [0.15, 0.2) is 48.7 Å². The number of hydrogen-bond donors (Lipinski definition) is 0.